The molecular formula is C38H38Cl4N2O6. The van der Waals surface area contributed by atoms with Crippen LogP contribution in [0.15, 0.2) is 97.1 Å². The second kappa shape index (κ2) is 17.7. The van der Waals surface area contributed by atoms with Crippen molar-refractivity contribution in [3.63, 3.8) is 0 Å². The van der Waals surface area contributed by atoms with E-state index in [2.05, 4.69) is 10.6 Å². The van der Waals surface area contributed by atoms with Gasteiger partial charge >= 0.3 is 12.2 Å². The molecule has 8 nitrogen and oxygen atoms in total. The van der Waals surface area contributed by atoms with Crippen molar-refractivity contribution in [2.24, 2.45) is 0 Å². The standard InChI is InChI=1S/2C19H19Cl2NO3/c2*1-19(2,3)25-18(24)22-16(12-7-9-14(20)10-8-12)17(23)13-5-4-6-15(21)11-13/h2*4-11,16H,1-3H3,(H,22,24)/t16-;/m1./s1. The number of rotatable bonds is 8. The van der Waals surface area contributed by atoms with E-state index in [1.54, 1.807) is 139 Å². The topological polar surface area (TPSA) is 111 Å². The van der Waals surface area contributed by atoms with E-state index in [4.69, 9.17) is 55.9 Å². The molecule has 0 aliphatic rings. The van der Waals surface area contributed by atoms with Gasteiger partial charge in [0.1, 0.15) is 23.3 Å². The number of hydrogen-bond acceptors (Lipinski definition) is 6. The second-order valence-corrected chi connectivity index (χ2v) is 14.8. The molecular weight excluding hydrogens is 722 g/mol. The number of carbonyl (C=O) groups excluding carboxylic acids is 4. The molecule has 0 aromatic heterocycles. The van der Waals surface area contributed by atoms with Gasteiger partial charge in [0.15, 0.2) is 11.6 Å². The van der Waals surface area contributed by atoms with Gasteiger partial charge in [0, 0.05) is 31.2 Å². The number of benzene rings is 4. The number of alkyl carbamates (subject to hydrolysis) is 2. The molecule has 1 unspecified atom stereocenters. The first kappa shape index (κ1) is 40.4. The minimum Gasteiger partial charge on any atom is -0.444 e. The number of ketones is 2. The first-order chi connectivity index (χ1) is 23.3. The van der Waals surface area contributed by atoms with Crippen LogP contribution in [-0.4, -0.2) is 35.0 Å². The molecule has 0 saturated heterocycles. The zero-order chi connectivity index (χ0) is 37.2. The predicted molar refractivity (Wildman–Crippen MR) is 199 cm³/mol. The number of carbonyl (C=O) groups is 4. The maximum Gasteiger partial charge on any atom is 0.408 e. The Morgan fingerprint density at radius 3 is 1.10 bits per heavy atom. The van der Waals surface area contributed by atoms with Crippen LogP contribution in [0.25, 0.3) is 0 Å². The summed E-state index contributed by atoms with van der Waals surface area (Å²) in [5.41, 5.74) is 0.633. The zero-order valence-electron chi connectivity index (χ0n) is 28.4. The SMILES string of the molecule is CC(C)(C)OC(=O)NC(C(=O)c1cccc(Cl)c1)c1ccc(Cl)cc1.CC(C)(C)OC(=O)N[C@@H](C(=O)c1cccc(Cl)c1)c1ccc(Cl)cc1. The first-order valence-electron chi connectivity index (χ1n) is 15.4. The van der Waals surface area contributed by atoms with Gasteiger partial charge in [0.25, 0.3) is 0 Å². The highest BCUT2D eigenvalue weighted by atomic mass is 35.5. The number of nitrogens with one attached hydrogen (secondary N) is 2. The maximum atomic E-state index is 12.9. The van der Waals surface area contributed by atoms with Gasteiger partial charge in [-0.2, -0.15) is 0 Å². The molecule has 4 aromatic rings. The molecule has 4 rings (SSSR count). The smallest absolute Gasteiger partial charge is 0.408 e. The van der Waals surface area contributed by atoms with Gasteiger partial charge in [-0.25, -0.2) is 9.59 Å². The van der Waals surface area contributed by atoms with Crippen LogP contribution in [0, 0.1) is 0 Å². The van der Waals surface area contributed by atoms with Crippen molar-refractivity contribution in [2.45, 2.75) is 64.8 Å². The molecule has 50 heavy (non-hydrogen) atoms. The molecule has 0 bridgehead atoms. The monoisotopic (exact) mass is 758 g/mol. The second-order valence-electron chi connectivity index (χ2n) is 13.0. The normalized spacial score (nSPS) is 12.4. The third-order valence-electron chi connectivity index (χ3n) is 6.47. The summed E-state index contributed by atoms with van der Waals surface area (Å²) >= 11 is 23.8. The van der Waals surface area contributed by atoms with Crippen LogP contribution in [0.2, 0.25) is 20.1 Å². The van der Waals surface area contributed by atoms with E-state index in [0.717, 1.165) is 0 Å². The summed E-state index contributed by atoms with van der Waals surface area (Å²) in [5.74, 6) is -0.591. The Labute approximate surface area is 312 Å². The van der Waals surface area contributed by atoms with Crippen molar-refractivity contribution in [2.75, 3.05) is 0 Å². The van der Waals surface area contributed by atoms with Crippen molar-refractivity contribution >= 4 is 70.2 Å². The lowest BCUT2D eigenvalue weighted by Gasteiger charge is -2.23. The fraction of sp³-hybridized carbons (Fsp3) is 0.263. The minimum atomic E-state index is -0.911. The Balaban J connectivity index is 0.000000270. The number of amides is 2. The van der Waals surface area contributed by atoms with Crippen molar-refractivity contribution in [3.05, 3.63) is 139 Å². The molecule has 0 saturated carbocycles. The maximum absolute atomic E-state index is 12.9. The van der Waals surface area contributed by atoms with Crippen molar-refractivity contribution in [1.82, 2.24) is 10.6 Å². The molecule has 0 aliphatic heterocycles. The van der Waals surface area contributed by atoms with Crippen LogP contribution in [0.4, 0.5) is 9.59 Å². The fourth-order valence-electron chi connectivity index (χ4n) is 4.38. The van der Waals surface area contributed by atoms with Gasteiger partial charge in [0.2, 0.25) is 0 Å². The predicted octanol–water partition coefficient (Wildman–Crippen LogP) is 10.9. The molecule has 2 atom stereocenters. The zero-order valence-corrected chi connectivity index (χ0v) is 31.4. The lowest BCUT2D eigenvalue weighted by molar-refractivity contribution is 0.0483. The van der Waals surface area contributed by atoms with Crippen LogP contribution in [0.5, 0.6) is 0 Å². The summed E-state index contributed by atoms with van der Waals surface area (Å²) in [5, 5.41) is 7.22. The lowest BCUT2D eigenvalue weighted by atomic mass is 9.97. The van der Waals surface area contributed by atoms with Crippen LogP contribution in [-0.2, 0) is 9.47 Å². The molecule has 0 fully saturated rings. The Kier molecular flexibility index (Phi) is 14.3. The lowest BCUT2D eigenvalue weighted by Crippen LogP contribution is -2.38. The van der Waals surface area contributed by atoms with Gasteiger partial charge in [0.05, 0.1) is 0 Å². The van der Waals surface area contributed by atoms with Gasteiger partial charge in [-0.05, 0) is 101 Å². The highest BCUT2D eigenvalue weighted by Crippen LogP contribution is 2.25. The van der Waals surface area contributed by atoms with Gasteiger partial charge < -0.3 is 20.1 Å². The fourth-order valence-corrected chi connectivity index (χ4v) is 5.01. The Morgan fingerprint density at radius 2 is 0.820 bits per heavy atom. The van der Waals surface area contributed by atoms with Crippen molar-refractivity contribution in [3.8, 4) is 0 Å². The summed E-state index contributed by atoms with van der Waals surface area (Å²) in [6.07, 6.45) is -1.36. The van der Waals surface area contributed by atoms with E-state index in [-0.39, 0.29) is 11.6 Å². The third-order valence-corrected chi connectivity index (χ3v) is 7.45. The highest BCUT2D eigenvalue weighted by Gasteiger charge is 2.28. The van der Waals surface area contributed by atoms with Crippen LogP contribution in [0.3, 0.4) is 0 Å². The Hall–Kier alpha value is -4.08. The van der Waals surface area contributed by atoms with Crippen LogP contribution >= 0.6 is 46.4 Å². The molecule has 0 aliphatic carbocycles. The van der Waals surface area contributed by atoms with E-state index in [1.165, 1.54) is 0 Å². The van der Waals surface area contributed by atoms with Gasteiger partial charge in [-0.1, -0.05) is 94.9 Å². The average molecular weight is 761 g/mol. The van der Waals surface area contributed by atoms with E-state index in [0.29, 0.717) is 42.3 Å². The van der Waals surface area contributed by atoms with E-state index in [1.807, 2.05) is 0 Å². The third kappa shape index (κ3) is 13.3. The highest BCUT2D eigenvalue weighted by molar-refractivity contribution is 6.31. The molecule has 2 N–H and O–H groups in total. The minimum absolute atomic E-state index is 0.296. The molecule has 2 amide bonds. The van der Waals surface area contributed by atoms with Crippen LogP contribution in [0.1, 0.15) is 85.5 Å². The number of ether oxygens (including phenoxy) is 2. The summed E-state index contributed by atoms with van der Waals surface area (Å²) in [6, 6.07) is 24.7. The van der Waals surface area contributed by atoms with Gasteiger partial charge in [-0.3, -0.25) is 9.59 Å². The first-order valence-corrected chi connectivity index (χ1v) is 16.9. The Morgan fingerprint density at radius 1 is 0.500 bits per heavy atom. The molecule has 0 spiro atoms. The quantitative estimate of drug-likeness (QED) is 0.173. The summed E-state index contributed by atoms with van der Waals surface area (Å²) in [4.78, 5) is 50.2. The number of halogens is 4. The molecule has 264 valence electrons. The van der Waals surface area contributed by atoms with Crippen molar-refractivity contribution < 1.29 is 28.7 Å². The largest absolute Gasteiger partial charge is 0.444 e. The molecule has 0 radical (unpaired) electrons. The van der Waals surface area contributed by atoms with E-state index >= 15 is 0 Å². The van der Waals surface area contributed by atoms with E-state index < -0.39 is 35.5 Å². The van der Waals surface area contributed by atoms with Gasteiger partial charge in [-0.15, -0.1) is 0 Å². The summed E-state index contributed by atoms with van der Waals surface area (Å²) in [6.45, 7) is 10.5. The van der Waals surface area contributed by atoms with Crippen LogP contribution < -0.4 is 10.6 Å². The average Bonchev–Trinajstić information content (AvgIpc) is 3.01. The number of hydrogen-bond donors (Lipinski definition) is 2. The van der Waals surface area contributed by atoms with Crippen molar-refractivity contribution in [1.29, 1.82) is 0 Å². The number of Topliss-reactive ketones (excluding diaryl/α,β-unsaturated/α-hetero) is 2. The molecule has 4 aromatic carbocycles. The molecule has 12 heteroatoms. The molecule has 0 heterocycles. The Bertz CT molecular complexity index is 1670. The van der Waals surface area contributed by atoms with E-state index in [9.17, 15) is 19.2 Å². The summed E-state index contributed by atoms with van der Waals surface area (Å²) < 4.78 is 10.5. The summed E-state index contributed by atoms with van der Waals surface area (Å²) in [7, 11) is 0.